The van der Waals surface area contributed by atoms with Gasteiger partial charge in [0.25, 0.3) is 11.8 Å². The summed E-state index contributed by atoms with van der Waals surface area (Å²) < 4.78 is 12.9. The molecule has 0 fully saturated rings. The quantitative estimate of drug-likeness (QED) is 0.621. The third-order valence-corrected chi connectivity index (χ3v) is 4.96. The van der Waals surface area contributed by atoms with E-state index in [2.05, 4.69) is 10.1 Å². The van der Waals surface area contributed by atoms with Gasteiger partial charge in [-0.05, 0) is 45.4 Å². The van der Waals surface area contributed by atoms with Gasteiger partial charge in [0, 0.05) is 30.6 Å². The molecule has 3 aromatic heterocycles. The minimum absolute atomic E-state index is 0.0141. The Balaban J connectivity index is 1.71. The maximum Gasteiger partial charge on any atom is 0.262 e. The lowest BCUT2D eigenvalue weighted by molar-refractivity contribution is 0.0995. The minimum Gasteiger partial charge on any atom is -0.485 e. The lowest BCUT2D eigenvalue weighted by atomic mass is 10.0. The monoisotopic (exact) mass is 407 g/mol. The van der Waals surface area contributed by atoms with Crippen LogP contribution in [0.5, 0.6) is 11.6 Å². The second kappa shape index (κ2) is 7.78. The normalized spacial score (nSPS) is 13.1. The Morgan fingerprint density at radius 2 is 2.07 bits per heavy atom. The summed E-state index contributed by atoms with van der Waals surface area (Å²) in [5.41, 5.74) is 3.80. The van der Waals surface area contributed by atoms with Crippen molar-refractivity contribution in [1.82, 2.24) is 19.7 Å². The topological polar surface area (TPSA) is 82.4 Å². The van der Waals surface area contributed by atoms with E-state index < -0.39 is 0 Å². The molecule has 0 bridgehead atoms. The summed E-state index contributed by atoms with van der Waals surface area (Å²) in [4.78, 5) is 23.8. The number of amides is 1. The molecular weight excluding hydrogens is 382 g/mol. The standard InChI is InChI=1S/C22H25N5O3/c1-6-26-8-7-19(25-26)27-12-17-20(22(27)28)14(4)9-16(24-17)15-10-18(30-13(2)3)21(29-5)23-11-15/h7-11,13H,6,12H2,1-5H3. The number of nitrogens with zero attached hydrogens (tertiary/aromatic N) is 5. The van der Waals surface area contributed by atoms with Gasteiger partial charge in [-0.25, -0.2) is 4.98 Å². The third kappa shape index (κ3) is 3.49. The van der Waals surface area contributed by atoms with Crippen molar-refractivity contribution in [2.75, 3.05) is 12.0 Å². The maximum atomic E-state index is 13.0. The highest BCUT2D eigenvalue weighted by molar-refractivity contribution is 6.10. The summed E-state index contributed by atoms with van der Waals surface area (Å²) >= 11 is 0. The number of fused-ring (bicyclic) bond motifs is 1. The Hall–Kier alpha value is -3.42. The van der Waals surface area contributed by atoms with E-state index in [1.165, 1.54) is 0 Å². The minimum atomic E-state index is -0.0698. The van der Waals surface area contributed by atoms with Crippen LogP contribution in [0.4, 0.5) is 5.82 Å². The fourth-order valence-corrected chi connectivity index (χ4v) is 3.57. The molecule has 1 aliphatic rings. The van der Waals surface area contributed by atoms with Crippen LogP contribution in [0.2, 0.25) is 0 Å². The summed E-state index contributed by atoms with van der Waals surface area (Å²) in [5.74, 6) is 1.56. The van der Waals surface area contributed by atoms with E-state index in [0.717, 1.165) is 29.1 Å². The van der Waals surface area contributed by atoms with Crippen LogP contribution in [0.15, 0.2) is 30.6 Å². The largest absolute Gasteiger partial charge is 0.485 e. The average Bonchev–Trinajstić information content (AvgIpc) is 3.32. The van der Waals surface area contributed by atoms with Crippen molar-refractivity contribution in [3.8, 4) is 22.9 Å². The molecule has 1 aliphatic heterocycles. The predicted molar refractivity (Wildman–Crippen MR) is 113 cm³/mol. The van der Waals surface area contributed by atoms with Crippen LogP contribution < -0.4 is 14.4 Å². The SMILES string of the molecule is CCn1ccc(N2Cc3nc(-c4cnc(OC)c(OC(C)C)c4)cc(C)c3C2=O)n1. The summed E-state index contributed by atoms with van der Waals surface area (Å²) in [5, 5.41) is 4.47. The molecule has 0 spiro atoms. The number of methoxy groups -OCH3 is 1. The molecular formula is C22H25N5O3. The van der Waals surface area contributed by atoms with E-state index in [9.17, 15) is 4.79 Å². The zero-order valence-electron chi connectivity index (χ0n) is 17.8. The van der Waals surface area contributed by atoms with Gasteiger partial charge in [0.05, 0.1) is 36.7 Å². The first-order valence-corrected chi connectivity index (χ1v) is 9.98. The number of pyridine rings is 2. The first-order valence-electron chi connectivity index (χ1n) is 9.98. The van der Waals surface area contributed by atoms with Crippen LogP contribution >= 0.6 is 0 Å². The van der Waals surface area contributed by atoms with Crippen molar-refractivity contribution >= 4 is 11.7 Å². The number of anilines is 1. The van der Waals surface area contributed by atoms with Crippen LogP contribution in [0.3, 0.4) is 0 Å². The summed E-state index contributed by atoms with van der Waals surface area (Å²) in [6, 6.07) is 5.64. The Bertz CT molecular complexity index is 1110. The van der Waals surface area contributed by atoms with Crippen LogP contribution in [-0.4, -0.2) is 38.9 Å². The molecule has 4 heterocycles. The Morgan fingerprint density at radius 3 is 2.73 bits per heavy atom. The molecule has 3 aromatic rings. The summed E-state index contributed by atoms with van der Waals surface area (Å²) in [6.45, 7) is 8.98. The molecule has 0 atom stereocenters. The lowest BCUT2D eigenvalue weighted by Gasteiger charge is -2.14. The molecule has 0 aromatic carbocycles. The highest BCUT2D eigenvalue weighted by Crippen LogP contribution is 2.34. The van der Waals surface area contributed by atoms with Gasteiger partial charge >= 0.3 is 0 Å². The molecule has 0 radical (unpaired) electrons. The number of hydrogen-bond acceptors (Lipinski definition) is 6. The molecule has 0 saturated heterocycles. The number of carbonyl (C=O) groups is 1. The van der Waals surface area contributed by atoms with Crippen molar-refractivity contribution in [3.05, 3.63) is 47.4 Å². The van der Waals surface area contributed by atoms with Gasteiger partial charge in [-0.15, -0.1) is 0 Å². The number of ether oxygens (including phenoxy) is 2. The summed E-state index contributed by atoms with van der Waals surface area (Å²) in [6.07, 6.45) is 3.56. The van der Waals surface area contributed by atoms with Crippen molar-refractivity contribution in [2.24, 2.45) is 0 Å². The second-order valence-electron chi connectivity index (χ2n) is 7.47. The van der Waals surface area contributed by atoms with E-state index in [4.69, 9.17) is 14.5 Å². The second-order valence-corrected chi connectivity index (χ2v) is 7.47. The van der Waals surface area contributed by atoms with Gasteiger partial charge in [-0.1, -0.05) is 0 Å². The lowest BCUT2D eigenvalue weighted by Crippen LogP contribution is -2.24. The molecule has 8 heteroatoms. The highest BCUT2D eigenvalue weighted by atomic mass is 16.5. The Morgan fingerprint density at radius 1 is 1.27 bits per heavy atom. The van der Waals surface area contributed by atoms with E-state index in [1.54, 1.807) is 22.9 Å². The number of hydrogen-bond donors (Lipinski definition) is 0. The van der Waals surface area contributed by atoms with Crippen LogP contribution in [0.25, 0.3) is 11.3 Å². The van der Waals surface area contributed by atoms with Crippen molar-refractivity contribution in [1.29, 1.82) is 0 Å². The van der Waals surface area contributed by atoms with E-state index in [1.807, 2.05) is 52.1 Å². The van der Waals surface area contributed by atoms with Crippen molar-refractivity contribution < 1.29 is 14.3 Å². The number of carbonyl (C=O) groups excluding carboxylic acids is 1. The number of aryl methyl sites for hydroxylation is 2. The molecule has 0 aliphatic carbocycles. The first kappa shape index (κ1) is 19.9. The average molecular weight is 407 g/mol. The molecule has 4 rings (SSSR count). The molecule has 1 amide bonds. The van der Waals surface area contributed by atoms with Gasteiger partial charge in [0.15, 0.2) is 11.6 Å². The van der Waals surface area contributed by atoms with E-state index in [0.29, 0.717) is 29.6 Å². The first-order chi connectivity index (χ1) is 14.4. The van der Waals surface area contributed by atoms with Crippen molar-refractivity contribution in [3.63, 3.8) is 0 Å². The Kier molecular flexibility index (Phi) is 5.15. The van der Waals surface area contributed by atoms with Crippen LogP contribution in [0.1, 0.15) is 42.4 Å². The highest BCUT2D eigenvalue weighted by Gasteiger charge is 2.33. The fourth-order valence-electron chi connectivity index (χ4n) is 3.57. The molecule has 8 nitrogen and oxygen atoms in total. The Labute approximate surface area is 175 Å². The zero-order chi connectivity index (χ0) is 21.4. The van der Waals surface area contributed by atoms with Crippen LogP contribution in [0, 0.1) is 6.92 Å². The number of aromatic nitrogens is 4. The fraction of sp³-hybridized carbons (Fsp3) is 0.364. The van der Waals surface area contributed by atoms with Gasteiger partial charge in [0.1, 0.15) is 0 Å². The van der Waals surface area contributed by atoms with Crippen molar-refractivity contribution in [2.45, 2.75) is 46.9 Å². The van der Waals surface area contributed by atoms with Gasteiger partial charge in [-0.3, -0.25) is 19.4 Å². The molecule has 0 N–H and O–H groups in total. The van der Waals surface area contributed by atoms with E-state index >= 15 is 0 Å². The van der Waals surface area contributed by atoms with Gasteiger partial charge in [-0.2, -0.15) is 5.10 Å². The van der Waals surface area contributed by atoms with E-state index in [-0.39, 0.29) is 12.0 Å². The van der Waals surface area contributed by atoms with Crippen LogP contribution in [-0.2, 0) is 13.1 Å². The smallest absolute Gasteiger partial charge is 0.262 e. The molecule has 30 heavy (non-hydrogen) atoms. The predicted octanol–water partition coefficient (Wildman–Crippen LogP) is 3.62. The zero-order valence-corrected chi connectivity index (χ0v) is 17.8. The summed E-state index contributed by atoms with van der Waals surface area (Å²) in [7, 11) is 1.56. The molecule has 156 valence electrons. The van der Waals surface area contributed by atoms with Gasteiger partial charge in [0.2, 0.25) is 0 Å². The number of rotatable bonds is 6. The molecule has 0 saturated carbocycles. The maximum absolute atomic E-state index is 13.0. The van der Waals surface area contributed by atoms with Gasteiger partial charge < -0.3 is 9.47 Å². The molecule has 0 unspecified atom stereocenters. The third-order valence-electron chi connectivity index (χ3n) is 4.96.